The summed E-state index contributed by atoms with van der Waals surface area (Å²) in [5.41, 5.74) is 7.69. The molecule has 1 aromatic carbocycles. The van der Waals surface area contributed by atoms with Gasteiger partial charge in [-0.05, 0) is 102 Å². The lowest BCUT2D eigenvalue weighted by atomic mass is 9.76. The molecule has 182 valence electrons. The monoisotopic (exact) mass is 454 g/mol. The summed E-state index contributed by atoms with van der Waals surface area (Å²) in [5.74, 6) is 2.62. The second-order valence-electron chi connectivity index (χ2n) is 10.5. The van der Waals surface area contributed by atoms with Crippen molar-refractivity contribution in [2.24, 2.45) is 22.6 Å². The first-order valence-corrected chi connectivity index (χ1v) is 13.1. The Bertz CT molecular complexity index is 789. The minimum Gasteiger partial charge on any atom is -0.376 e. The molecule has 2 saturated carbocycles. The Morgan fingerprint density at radius 3 is 2.45 bits per heavy atom. The molecular formula is C27H42N4O2. The van der Waals surface area contributed by atoms with Crippen LogP contribution in [0.5, 0.6) is 0 Å². The van der Waals surface area contributed by atoms with Crippen LogP contribution in [0.15, 0.2) is 29.3 Å². The maximum Gasteiger partial charge on any atom is 0.196 e. The molecule has 4 N–H and O–H groups in total. The molecule has 1 aliphatic heterocycles. The standard InChI is InChI=1S/C27H42N4O2/c1-19(32)22-4-2-5-25(17-22)31-27(29-18-26-6-3-15-33-26)30-24-13-9-21(10-14-24)16-20-7-11-23(28)12-8-20/h2,4-5,17,20-21,23-24,26H,3,6-16,18,28H2,1H3,(H2,29,30,31). The third-order valence-corrected chi connectivity index (χ3v) is 7.75. The molecule has 3 aliphatic rings. The van der Waals surface area contributed by atoms with Gasteiger partial charge in [-0.25, -0.2) is 0 Å². The number of aliphatic imine (C=N–C) groups is 1. The number of hydrogen-bond donors (Lipinski definition) is 3. The molecule has 1 saturated heterocycles. The first-order chi connectivity index (χ1) is 16.0. The van der Waals surface area contributed by atoms with Crippen LogP contribution in [0, 0.1) is 11.8 Å². The van der Waals surface area contributed by atoms with Gasteiger partial charge in [0.25, 0.3) is 0 Å². The zero-order valence-electron chi connectivity index (χ0n) is 20.2. The zero-order valence-corrected chi connectivity index (χ0v) is 20.2. The Morgan fingerprint density at radius 1 is 1.06 bits per heavy atom. The van der Waals surface area contributed by atoms with E-state index in [9.17, 15) is 4.79 Å². The Hall–Kier alpha value is -1.92. The van der Waals surface area contributed by atoms with E-state index in [0.29, 0.717) is 24.2 Å². The predicted molar refractivity (Wildman–Crippen MR) is 135 cm³/mol. The van der Waals surface area contributed by atoms with Crippen LogP contribution in [0.1, 0.15) is 87.9 Å². The quantitative estimate of drug-likeness (QED) is 0.310. The van der Waals surface area contributed by atoms with Gasteiger partial charge >= 0.3 is 0 Å². The lowest BCUT2D eigenvalue weighted by Crippen LogP contribution is -2.42. The summed E-state index contributed by atoms with van der Waals surface area (Å²) in [6, 6.07) is 8.54. The average molecular weight is 455 g/mol. The number of ketones is 1. The highest BCUT2D eigenvalue weighted by molar-refractivity contribution is 5.98. The van der Waals surface area contributed by atoms with Crippen LogP contribution in [0.4, 0.5) is 5.69 Å². The Balaban J connectivity index is 1.31. The number of ether oxygens (including phenoxy) is 1. The van der Waals surface area contributed by atoms with E-state index in [-0.39, 0.29) is 11.9 Å². The molecule has 4 rings (SSSR count). The number of nitrogens with two attached hydrogens (primary N) is 1. The van der Waals surface area contributed by atoms with Crippen LogP contribution in [-0.4, -0.2) is 43.1 Å². The predicted octanol–water partition coefficient (Wildman–Crippen LogP) is 4.89. The highest BCUT2D eigenvalue weighted by Gasteiger charge is 2.26. The fourth-order valence-corrected chi connectivity index (χ4v) is 5.69. The molecule has 2 aliphatic carbocycles. The molecule has 6 heteroatoms. The molecule has 1 aromatic rings. The van der Waals surface area contributed by atoms with Crippen molar-refractivity contribution in [3.8, 4) is 0 Å². The van der Waals surface area contributed by atoms with Gasteiger partial charge in [0, 0.05) is 29.9 Å². The highest BCUT2D eigenvalue weighted by Crippen LogP contribution is 2.35. The van der Waals surface area contributed by atoms with Crippen LogP contribution in [0.3, 0.4) is 0 Å². The first-order valence-electron chi connectivity index (χ1n) is 13.1. The molecule has 0 radical (unpaired) electrons. The van der Waals surface area contributed by atoms with E-state index in [1.54, 1.807) is 6.92 Å². The Labute approximate surface area is 199 Å². The summed E-state index contributed by atoms with van der Waals surface area (Å²) < 4.78 is 5.77. The third kappa shape index (κ3) is 7.54. The summed E-state index contributed by atoms with van der Waals surface area (Å²) in [6.45, 7) is 3.11. The molecule has 0 spiro atoms. The molecule has 0 amide bonds. The molecule has 6 nitrogen and oxygen atoms in total. The first kappa shape index (κ1) is 24.2. The zero-order chi connectivity index (χ0) is 23.0. The van der Waals surface area contributed by atoms with Gasteiger partial charge in [0.15, 0.2) is 11.7 Å². The number of carbonyl (C=O) groups excluding carboxylic acids is 1. The van der Waals surface area contributed by atoms with Crippen LogP contribution in [0.2, 0.25) is 0 Å². The molecule has 1 unspecified atom stereocenters. The maximum atomic E-state index is 11.8. The van der Waals surface area contributed by atoms with E-state index in [1.807, 2.05) is 24.3 Å². The van der Waals surface area contributed by atoms with E-state index < -0.39 is 0 Å². The largest absolute Gasteiger partial charge is 0.376 e. The fraction of sp³-hybridized carbons (Fsp3) is 0.704. The molecule has 0 bridgehead atoms. The van der Waals surface area contributed by atoms with Gasteiger partial charge in [-0.2, -0.15) is 0 Å². The highest BCUT2D eigenvalue weighted by atomic mass is 16.5. The second-order valence-corrected chi connectivity index (χ2v) is 10.5. The molecule has 1 heterocycles. The number of nitrogens with one attached hydrogen (secondary N) is 2. The normalized spacial score (nSPS) is 30.7. The summed E-state index contributed by atoms with van der Waals surface area (Å²) >= 11 is 0. The molecular weight excluding hydrogens is 412 g/mol. The number of benzene rings is 1. The number of hydrogen-bond acceptors (Lipinski definition) is 4. The Morgan fingerprint density at radius 2 is 1.79 bits per heavy atom. The average Bonchev–Trinajstić information content (AvgIpc) is 3.34. The summed E-state index contributed by atoms with van der Waals surface area (Å²) in [4.78, 5) is 16.7. The topological polar surface area (TPSA) is 88.7 Å². The van der Waals surface area contributed by atoms with Crippen molar-refractivity contribution in [1.82, 2.24) is 5.32 Å². The lowest BCUT2D eigenvalue weighted by molar-refractivity contribution is 0.101. The van der Waals surface area contributed by atoms with Gasteiger partial charge < -0.3 is 21.1 Å². The van der Waals surface area contributed by atoms with Crippen molar-refractivity contribution in [2.75, 3.05) is 18.5 Å². The fourth-order valence-electron chi connectivity index (χ4n) is 5.69. The van der Waals surface area contributed by atoms with Crippen molar-refractivity contribution in [2.45, 2.75) is 95.7 Å². The molecule has 1 atom stereocenters. The number of guanidine groups is 1. The number of nitrogens with zero attached hydrogens (tertiary/aromatic N) is 1. The summed E-state index contributed by atoms with van der Waals surface area (Å²) in [6.07, 6.45) is 13.8. The van der Waals surface area contributed by atoms with Gasteiger partial charge in [-0.3, -0.25) is 9.79 Å². The van der Waals surface area contributed by atoms with Crippen molar-refractivity contribution in [3.63, 3.8) is 0 Å². The van der Waals surface area contributed by atoms with E-state index in [1.165, 1.54) is 57.8 Å². The van der Waals surface area contributed by atoms with Crippen molar-refractivity contribution < 1.29 is 9.53 Å². The van der Waals surface area contributed by atoms with Gasteiger partial charge in [-0.1, -0.05) is 12.1 Å². The SMILES string of the molecule is CC(=O)c1cccc(NC(=NCC2CCCO2)NC2CCC(CC3CCC(N)CC3)CC2)c1. The smallest absolute Gasteiger partial charge is 0.196 e. The van der Waals surface area contributed by atoms with Gasteiger partial charge in [0.1, 0.15) is 0 Å². The van der Waals surface area contributed by atoms with Crippen LogP contribution in [0.25, 0.3) is 0 Å². The second kappa shape index (κ2) is 12.0. The van der Waals surface area contributed by atoms with Gasteiger partial charge in [-0.15, -0.1) is 0 Å². The van der Waals surface area contributed by atoms with Crippen molar-refractivity contribution in [1.29, 1.82) is 0 Å². The Kier molecular flexibility index (Phi) is 8.79. The van der Waals surface area contributed by atoms with Crippen molar-refractivity contribution >= 4 is 17.4 Å². The summed E-state index contributed by atoms with van der Waals surface area (Å²) in [5, 5.41) is 7.13. The van der Waals surface area contributed by atoms with Crippen molar-refractivity contribution in [3.05, 3.63) is 29.8 Å². The minimum atomic E-state index is 0.0720. The van der Waals surface area contributed by atoms with E-state index >= 15 is 0 Å². The van der Waals surface area contributed by atoms with E-state index in [0.717, 1.165) is 42.9 Å². The van der Waals surface area contributed by atoms with E-state index in [2.05, 4.69) is 10.6 Å². The van der Waals surface area contributed by atoms with Crippen LogP contribution < -0.4 is 16.4 Å². The minimum absolute atomic E-state index is 0.0720. The third-order valence-electron chi connectivity index (χ3n) is 7.75. The van der Waals surface area contributed by atoms with E-state index in [4.69, 9.17) is 15.5 Å². The lowest BCUT2D eigenvalue weighted by Gasteiger charge is -2.34. The summed E-state index contributed by atoms with van der Waals surface area (Å²) in [7, 11) is 0. The van der Waals surface area contributed by atoms with Crippen LogP contribution >= 0.6 is 0 Å². The number of anilines is 1. The van der Waals surface area contributed by atoms with Crippen LogP contribution in [-0.2, 0) is 4.74 Å². The number of Topliss-reactive ketones (excluding diaryl/α,β-unsaturated/α-hetero) is 1. The molecule has 33 heavy (non-hydrogen) atoms. The van der Waals surface area contributed by atoms with Gasteiger partial charge in [0.05, 0.1) is 12.6 Å². The van der Waals surface area contributed by atoms with Gasteiger partial charge in [0.2, 0.25) is 0 Å². The number of rotatable bonds is 7. The maximum absolute atomic E-state index is 11.8. The molecule has 3 fully saturated rings. The molecule has 0 aromatic heterocycles. The number of carbonyl (C=O) groups is 1.